The van der Waals surface area contributed by atoms with E-state index in [-0.39, 0.29) is 29.7 Å². The summed E-state index contributed by atoms with van der Waals surface area (Å²) in [7, 11) is 1.57. The van der Waals surface area contributed by atoms with E-state index >= 15 is 0 Å². The number of Topliss-reactive ketones (excluding diaryl/α,β-unsaturated/α-hetero) is 1. The van der Waals surface area contributed by atoms with Crippen LogP contribution in [0.1, 0.15) is 49.7 Å². The smallest absolute Gasteiger partial charge is 0.303 e. The molecule has 1 amide bonds. The Hall–Kier alpha value is -4.49. The number of ketones is 1. The normalized spacial score (nSPS) is 25.9. The van der Waals surface area contributed by atoms with Crippen molar-refractivity contribution in [3.8, 4) is 11.5 Å². The number of esters is 3. The lowest BCUT2D eigenvalue weighted by Crippen LogP contribution is -2.67. The lowest BCUT2D eigenvalue weighted by atomic mass is 9.95. The SMILES string of the molecule is COc1ccc([C@H]2N[C@@H]2C(=O)c2ccccc2O[C@@H]2O[C@H](COC(C)=O)[C@@H](OC(C)=O)[C@H](OC(C)=O)[C@H]2NC(C)=O)cc1. The van der Waals surface area contributed by atoms with E-state index in [9.17, 15) is 24.0 Å². The number of benzene rings is 2. The molecule has 2 heterocycles. The largest absolute Gasteiger partial charge is 0.497 e. The van der Waals surface area contributed by atoms with E-state index < -0.39 is 60.5 Å². The molecule has 2 aromatic carbocycles. The number of hydrogen-bond donors (Lipinski definition) is 2. The predicted octanol–water partition coefficient (Wildman–Crippen LogP) is 1.63. The molecule has 2 saturated heterocycles. The topological polar surface area (TPSA) is 175 Å². The fraction of sp³-hybridized carbons (Fsp3) is 0.433. The molecule has 230 valence electrons. The van der Waals surface area contributed by atoms with Crippen LogP contribution in [-0.4, -0.2) is 80.0 Å². The number of para-hydroxylation sites is 1. The minimum Gasteiger partial charge on any atom is -0.497 e. The van der Waals surface area contributed by atoms with Gasteiger partial charge in [0.05, 0.1) is 24.8 Å². The van der Waals surface area contributed by atoms with Gasteiger partial charge in [-0.15, -0.1) is 0 Å². The molecule has 13 nitrogen and oxygen atoms in total. The third-order valence-corrected chi connectivity index (χ3v) is 6.81. The first-order valence-electron chi connectivity index (χ1n) is 13.6. The van der Waals surface area contributed by atoms with Crippen LogP contribution in [0, 0.1) is 0 Å². The van der Waals surface area contributed by atoms with Gasteiger partial charge >= 0.3 is 17.9 Å². The summed E-state index contributed by atoms with van der Waals surface area (Å²) in [6.07, 6.45) is -5.08. The molecule has 7 atom stereocenters. The molecule has 2 aliphatic rings. The summed E-state index contributed by atoms with van der Waals surface area (Å²) in [6, 6.07) is 11.9. The number of carbonyl (C=O) groups excluding carboxylic acids is 5. The lowest BCUT2D eigenvalue weighted by molar-refractivity contribution is -0.257. The molecule has 2 aliphatic heterocycles. The minimum absolute atomic E-state index is 0.133. The quantitative estimate of drug-likeness (QED) is 0.166. The Morgan fingerprint density at radius 2 is 1.51 bits per heavy atom. The van der Waals surface area contributed by atoms with E-state index in [0.717, 1.165) is 19.4 Å². The monoisotopic (exact) mass is 598 g/mol. The van der Waals surface area contributed by atoms with Crippen LogP contribution < -0.4 is 20.1 Å². The summed E-state index contributed by atoms with van der Waals surface area (Å²) in [6.45, 7) is 4.35. The Bertz CT molecular complexity index is 1360. The van der Waals surface area contributed by atoms with Crippen molar-refractivity contribution in [3.63, 3.8) is 0 Å². The number of carbonyl (C=O) groups is 5. The Morgan fingerprint density at radius 1 is 0.860 bits per heavy atom. The molecule has 0 saturated carbocycles. The molecule has 2 N–H and O–H groups in total. The van der Waals surface area contributed by atoms with E-state index in [0.29, 0.717) is 5.75 Å². The van der Waals surface area contributed by atoms with Crippen LogP contribution in [0.5, 0.6) is 11.5 Å². The maximum absolute atomic E-state index is 13.6. The first kappa shape index (κ1) is 31.4. The van der Waals surface area contributed by atoms with Crippen LogP contribution in [0.25, 0.3) is 0 Å². The number of hydrogen-bond acceptors (Lipinski definition) is 12. The van der Waals surface area contributed by atoms with Gasteiger partial charge in [-0.1, -0.05) is 24.3 Å². The highest BCUT2D eigenvalue weighted by molar-refractivity contribution is 6.04. The van der Waals surface area contributed by atoms with Crippen LogP contribution in [0.15, 0.2) is 48.5 Å². The fourth-order valence-electron chi connectivity index (χ4n) is 4.92. The van der Waals surface area contributed by atoms with Gasteiger partial charge in [-0.2, -0.15) is 0 Å². The summed E-state index contributed by atoms with van der Waals surface area (Å²) in [5.41, 5.74) is 1.15. The first-order chi connectivity index (χ1) is 20.5. The second kappa shape index (κ2) is 13.7. The number of nitrogens with one attached hydrogen (secondary N) is 2. The molecule has 0 spiro atoms. The van der Waals surface area contributed by atoms with Crippen LogP contribution in [0.3, 0.4) is 0 Å². The zero-order valence-corrected chi connectivity index (χ0v) is 24.4. The van der Waals surface area contributed by atoms with Gasteiger partial charge in [0.1, 0.15) is 30.3 Å². The number of ether oxygens (including phenoxy) is 6. The fourth-order valence-corrected chi connectivity index (χ4v) is 4.92. The lowest BCUT2D eigenvalue weighted by Gasteiger charge is -2.44. The Kier molecular flexibility index (Phi) is 9.99. The Morgan fingerprint density at radius 3 is 2.12 bits per heavy atom. The molecule has 0 radical (unpaired) electrons. The highest BCUT2D eigenvalue weighted by atomic mass is 16.7. The maximum atomic E-state index is 13.6. The van der Waals surface area contributed by atoms with Gasteiger partial charge in [-0.25, -0.2) is 0 Å². The standard InChI is InChI=1S/C30H34N2O11/c1-15(33)31-26-29(41-18(4)36)28(40-17(3)35)23(14-39-16(2)34)43-30(26)42-22-9-7-6-8-21(22)27(37)25-24(32-25)19-10-12-20(38-5)13-11-19/h6-13,23-26,28-30,32H,14H2,1-5H3,(H,31,33)/t23-,24-,25+,26-,28-,29-,30-/m1/s1. The summed E-state index contributed by atoms with van der Waals surface area (Å²) in [5.74, 6) is -2.02. The average Bonchev–Trinajstić information content (AvgIpc) is 3.75. The third kappa shape index (κ3) is 7.87. The minimum atomic E-state index is -1.36. The molecule has 0 aliphatic carbocycles. The van der Waals surface area contributed by atoms with Crippen LogP contribution in [0.4, 0.5) is 0 Å². The van der Waals surface area contributed by atoms with Crippen LogP contribution >= 0.6 is 0 Å². The summed E-state index contributed by atoms with van der Waals surface area (Å²) in [5, 5.41) is 5.83. The van der Waals surface area contributed by atoms with Gasteiger partial charge in [0.25, 0.3) is 0 Å². The van der Waals surface area contributed by atoms with Gasteiger partial charge in [0.15, 0.2) is 18.0 Å². The predicted molar refractivity (Wildman–Crippen MR) is 148 cm³/mol. The molecule has 0 aromatic heterocycles. The van der Waals surface area contributed by atoms with Crippen molar-refractivity contribution in [3.05, 3.63) is 59.7 Å². The second-order valence-corrected chi connectivity index (χ2v) is 10.1. The van der Waals surface area contributed by atoms with Crippen LogP contribution in [0.2, 0.25) is 0 Å². The number of methoxy groups -OCH3 is 1. The van der Waals surface area contributed by atoms with E-state index in [1.807, 2.05) is 24.3 Å². The molecular weight excluding hydrogens is 564 g/mol. The van der Waals surface area contributed by atoms with E-state index in [4.69, 9.17) is 28.4 Å². The van der Waals surface area contributed by atoms with Gasteiger partial charge in [0.2, 0.25) is 12.2 Å². The number of rotatable bonds is 11. The van der Waals surface area contributed by atoms with Gasteiger partial charge < -0.3 is 33.7 Å². The molecular formula is C30H34N2O11. The molecule has 4 rings (SSSR count). The van der Waals surface area contributed by atoms with Gasteiger partial charge in [-0.05, 0) is 29.8 Å². The van der Waals surface area contributed by atoms with E-state index in [1.54, 1.807) is 31.4 Å². The summed E-state index contributed by atoms with van der Waals surface area (Å²) >= 11 is 0. The second-order valence-electron chi connectivity index (χ2n) is 10.1. The molecule has 2 fully saturated rings. The zero-order chi connectivity index (χ0) is 31.3. The highest BCUT2D eigenvalue weighted by Crippen LogP contribution is 2.36. The molecule has 0 bridgehead atoms. The van der Waals surface area contributed by atoms with Crippen molar-refractivity contribution in [1.29, 1.82) is 0 Å². The molecule has 2 aromatic rings. The van der Waals surface area contributed by atoms with Crippen molar-refractivity contribution >= 4 is 29.6 Å². The third-order valence-electron chi connectivity index (χ3n) is 6.81. The van der Waals surface area contributed by atoms with Crippen molar-refractivity contribution in [2.75, 3.05) is 13.7 Å². The molecule has 0 unspecified atom stereocenters. The maximum Gasteiger partial charge on any atom is 0.303 e. The number of amides is 1. The van der Waals surface area contributed by atoms with Gasteiger partial charge in [0, 0.05) is 27.7 Å². The van der Waals surface area contributed by atoms with Crippen molar-refractivity contribution in [2.24, 2.45) is 0 Å². The van der Waals surface area contributed by atoms with E-state index in [2.05, 4.69) is 10.6 Å². The van der Waals surface area contributed by atoms with Gasteiger partial charge in [-0.3, -0.25) is 29.3 Å². The van der Waals surface area contributed by atoms with E-state index in [1.165, 1.54) is 13.8 Å². The average molecular weight is 599 g/mol. The highest BCUT2D eigenvalue weighted by Gasteiger charge is 2.52. The van der Waals surface area contributed by atoms with Crippen molar-refractivity contribution in [2.45, 2.75) is 70.4 Å². The summed E-state index contributed by atoms with van der Waals surface area (Å²) in [4.78, 5) is 61.5. The molecule has 43 heavy (non-hydrogen) atoms. The van der Waals surface area contributed by atoms with Crippen molar-refractivity contribution in [1.82, 2.24) is 10.6 Å². The van der Waals surface area contributed by atoms with Crippen molar-refractivity contribution < 1.29 is 52.4 Å². The first-order valence-corrected chi connectivity index (χ1v) is 13.6. The molecule has 13 heteroatoms. The van der Waals surface area contributed by atoms with Crippen LogP contribution in [-0.2, 0) is 38.1 Å². The summed E-state index contributed by atoms with van der Waals surface area (Å²) < 4.78 is 33.5. The Balaban J connectivity index is 1.63. The zero-order valence-electron chi connectivity index (χ0n) is 24.4. The Labute approximate surface area is 248 Å².